The summed E-state index contributed by atoms with van der Waals surface area (Å²) >= 11 is 0. The van der Waals surface area contributed by atoms with Crippen molar-refractivity contribution in [3.63, 3.8) is 0 Å². The van der Waals surface area contributed by atoms with E-state index in [1.165, 1.54) is 22.5 Å². The Morgan fingerprint density at radius 1 is 1.29 bits per heavy atom. The molecule has 2 atom stereocenters. The van der Waals surface area contributed by atoms with E-state index in [1.54, 1.807) is 0 Å². The summed E-state index contributed by atoms with van der Waals surface area (Å²) in [5.41, 5.74) is 1.05. The number of halogens is 3. The van der Waals surface area contributed by atoms with Crippen molar-refractivity contribution in [3.05, 3.63) is 35.4 Å². The number of benzene rings is 1. The normalized spacial score (nSPS) is 17.3. The van der Waals surface area contributed by atoms with Gasteiger partial charge in [0.2, 0.25) is 17.7 Å². The summed E-state index contributed by atoms with van der Waals surface area (Å²) in [4.78, 5) is 38.7. The summed E-state index contributed by atoms with van der Waals surface area (Å²) in [5.74, 6) is -2.08. The van der Waals surface area contributed by atoms with E-state index in [-0.39, 0.29) is 18.9 Å². The maximum Gasteiger partial charge on any atom is 0.416 e. The van der Waals surface area contributed by atoms with Crippen LogP contribution >= 0.6 is 0 Å². The number of rotatable bonds is 9. The van der Waals surface area contributed by atoms with Crippen molar-refractivity contribution < 1.29 is 32.8 Å². The van der Waals surface area contributed by atoms with E-state index in [9.17, 15) is 27.6 Å². The van der Waals surface area contributed by atoms with Gasteiger partial charge in [-0.05, 0) is 37.0 Å². The molecule has 7 nitrogen and oxygen atoms in total. The van der Waals surface area contributed by atoms with Crippen LogP contribution in [0.15, 0.2) is 24.3 Å². The maximum absolute atomic E-state index is 13.0. The van der Waals surface area contributed by atoms with E-state index in [1.807, 2.05) is 6.92 Å². The lowest BCUT2D eigenvalue weighted by Gasteiger charge is -2.28. The Bertz CT molecular complexity index is 785. The van der Waals surface area contributed by atoms with Crippen LogP contribution in [0.2, 0.25) is 0 Å². The largest absolute Gasteiger partial charge is 0.416 e. The lowest BCUT2D eigenvalue weighted by molar-refractivity contribution is -0.144. The van der Waals surface area contributed by atoms with Crippen LogP contribution in [0.4, 0.5) is 13.2 Å². The number of hydrogen-bond acceptors (Lipinski definition) is 4. The first-order valence-electron chi connectivity index (χ1n) is 10.3. The molecule has 0 bridgehead atoms. The Kier molecular flexibility index (Phi) is 8.85. The van der Waals surface area contributed by atoms with Gasteiger partial charge in [-0.1, -0.05) is 31.9 Å². The number of alkyl halides is 3. The molecule has 1 heterocycles. The van der Waals surface area contributed by atoms with Gasteiger partial charge in [0, 0.05) is 25.4 Å². The van der Waals surface area contributed by atoms with E-state index in [4.69, 9.17) is 5.21 Å². The number of hydrogen-bond donors (Lipinski definition) is 3. The van der Waals surface area contributed by atoms with Gasteiger partial charge in [-0.25, -0.2) is 5.48 Å². The van der Waals surface area contributed by atoms with E-state index < -0.39 is 35.5 Å². The molecule has 1 saturated heterocycles. The van der Waals surface area contributed by atoms with Crippen molar-refractivity contribution in [2.24, 2.45) is 5.92 Å². The van der Waals surface area contributed by atoms with Crippen LogP contribution in [-0.2, 0) is 27.1 Å². The van der Waals surface area contributed by atoms with Crippen LogP contribution in [0.1, 0.15) is 56.6 Å². The highest BCUT2D eigenvalue weighted by Gasteiger charge is 2.37. The number of amides is 3. The summed E-state index contributed by atoms with van der Waals surface area (Å²) in [6.07, 6.45) is -1.60. The molecule has 2 unspecified atom stereocenters. The van der Waals surface area contributed by atoms with Crippen molar-refractivity contribution in [2.75, 3.05) is 6.54 Å². The molecule has 0 spiro atoms. The molecule has 1 aliphatic heterocycles. The van der Waals surface area contributed by atoms with Gasteiger partial charge in [0.05, 0.1) is 5.56 Å². The first-order valence-corrected chi connectivity index (χ1v) is 10.3. The van der Waals surface area contributed by atoms with Crippen molar-refractivity contribution >= 4 is 17.7 Å². The van der Waals surface area contributed by atoms with Crippen LogP contribution in [0.3, 0.4) is 0 Å². The second-order valence-corrected chi connectivity index (χ2v) is 7.68. The van der Waals surface area contributed by atoms with Crippen LogP contribution in [0.5, 0.6) is 0 Å². The van der Waals surface area contributed by atoms with Gasteiger partial charge in [-0.2, -0.15) is 13.2 Å². The fourth-order valence-electron chi connectivity index (χ4n) is 3.73. The highest BCUT2D eigenvalue weighted by molar-refractivity contribution is 5.91. The molecular formula is C21H28F3N3O4. The Morgan fingerprint density at radius 3 is 2.68 bits per heavy atom. The third kappa shape index (κ3) is 6.95. The molecule has 0 saturated carbocycles. The molecule has 10 heteroatoms. The van der Waals surface area contributed by atoms with Gasteiger partial charge in [-0.15, -0.1) is 0 Å². The predicted octanol–water partition coefficient (Wildman–Crippen LogP) is 3.01. The molecule has 0 aromatic heterocycles. The van der Waals surface area contributed by atoms with Crippen LogP contribution in [0.25, 0.3) is 0 Å². The lowest BCUT2D eigenvalue weighted by atomic mass is 9.96. The lowest BCUT2D eigenvalue weighted by Crippen LogP contribution is -2.48. The molecule has 0 aliphatic carbocycles. The van der Waals surface area contributed by atoms with Crippen molar-refractivity contribution in [3.8, 4) is 0 Å². The number of likely N-dealkylation sites (tertiary alicyclic amines) is 1. The Balaban J connectivity index is 2.03. The van der Waals surface area contributed by atoms with Gasteiger partial charge in [0.1, 0.15) is 6.04 Å². The van der Waals surface area contributed by atoms with Gasteiger partial charge in [0.15, 0.2) is 0 Å². The summed E-state index contributed by atoms with van der Waals surface area (Å²) in [6, 6.07) is 3.97. The average Bonchev–Trinajstić information content (AvgIpc) is 3.23. The molecule has 3 amide bonds. The summed E-state index contributed by atoms with van der Waals surface area (Å²) in [7, 11) is 0. The second kappa shape index (κ2) is 11.1. The van der Waals surface area contributed by atoms with E-state index in [2.05, 4.69) is 5.32 Å². The average molecular weight is 443 g/mol. The molecule has 2 rings (SSSR count). The second-order valence-electron chi connectivity index (χ2n) is 7.68. The number of carbonyl (C=O) groups excluding carboxylic acids is 3. The van der Waals surface area contributed by atoms with E-state index in [0.29, 0.717) is 31.4 Å². The van der Waals surface area contributed by atoms with Gasteiger partial charge in [-0.3, -0.25) is 19.6 Å². The first kappa shape index (κ1) is 24.6. The minimum atomic E-state index is -4.47. The third-order valence-corrected chi connectivity index (χ3v) is 5.37. The van der Waals surface area contributed by atoms with Gasteiger partial charge < -0.3 is 10.2 Å². The maximum atomic E-state index is 13.0. The highest BCUT2D eigenvalue weighted by Crippen LogP contribution is 2.29. The number of hydroxylamine groups is 1. The number of carbonyl (C=O) groups is 3. The topological polar surface area (TPSA) is 98.7 Å². The van der Waals surface area contributed by atoms with Crippen LogP contribution in [-0.4, -0.2) is 40.4 Å². The van der Waals surface area contributed by atoms with Crippen molar-refractivity contribution in [1.29, 1.82) is 0 Å². The molecule has 0 radical (unpaired) electrons. The monoisotopic (exact) mass is 443 g/mol. The van der Waals surface area contributed by atoms with Gasteiger partial charge >= 0.3 is 6.18 Å². The van der Waals surface area contributed by atoms with E-state index in [0.717, 1.165) is 25.0 Å². The number of nitrogens with zero attached hydrogens (tertiary/aromatic N) is 1. The predicted molar refractivity (Wildman–Crippen MR) is 106 cm³/mol. The van der Waals surface area contributed by atoms with Gasteiger partial charge in [0.25, 0.3) is 0 Å². The number of unbranched alkanes of at least 4 members (excludes halogenated alkanes) is 1. The quantitative estimate of drug-likeness (QED) is 0.404. The zero-order valence-corrected chi connectivity index (χ0v) is 17.4. The fourth-order valence-corrected chi connectivity index (χ4v) is 3.73. The molecule has 1 aromatic carbocycles. The molecule has 1 aliphatic rings. The minimum Gasteiger partial charge on any atom is -0.350 e. The molecule has 172 valence electrons. The third-order valence-electron chi connectivity index (χ3n) is 5.37. The van der Waals surface area contributed by atoms with Crippen LogP contribution in [0, 0.1) is 5.92 Å². The molecule has 1 aromatic rings. The molecule has 1 fully saturated rings. The van der Waals surface area contributed by atoms with Crippen molar-refractivity contribution in [2.45, 2.75) is 64.2 Å². The molecule has 31 heavy (non-hydrogen) atoms. The van der Waals surface area contributed by atoms with Crippen molar-refractivity contribution in [1.82, 2.24) is 15.7 Å². The minimum absolute atomic E-state index is 0.0898. The molecular weight excluding hydrogens is 415 g/mol. The molecule has 3 N–H and O–H groups in total. The smallest absolute Gasteiger partial charge is 0.350 e. The fraction of sp³-hybridized carbons (Fsp3) is 0.571. The standard InChI is InChI=1S/C21H28F3N3O4/c1-2-3-7-15(12-18(28)26-31)20(30)27-10-5-9-17(27)19(29)25-13-14-6-4-8-16(11-14)21(22,23)24/h4,6,8,11,15,17,31H,2-3,5,7,9-10,12-13H2,1H3,(H,25,29)(H,26,28). The van der Waals surface area contributed by atoms with E-state index >= 15 is 0 Å². The number of nitrogens with one attached hydrogen (secondary N) is 2. The summed E-state index contributed by atoms with van der Waals surface area (Å²) in [6.45, 7) is 2.23. The summed E-state index contributed by atoms with van der Waals surface area (Å²) < 4.78 is 38.6. The SMILES string of the molecule is CCCCC(CC(=O)NO)C(=O)N1CCCC1C(=O)NCc1cccc(C(F)(F)F)c1. The highest BCUT2D eigenvalue weighted by atomic mass is 19.4. The Hall–Kier alpha value is -2.62. The first-order chi connectivity index (χ1) is 14.7. The van der Waals surface area contributed by atoms with Crippen LogP contribution < -0.4 is 10.8 Å². The zero-order chi connectivity index (χ0) is 23.0. The zero-order valence-electron chi connectivity index (χ0n) is 17.4. The Morgan fingerprint density at radius 2 is 2.03 bits per heavy atom. The Labute approximate surface area is 178 Å². The summed E-state index contributed by atoms with van der Waals surface area (Å²) in [5, 5.41) is 11.4.